The molecule has 1 aromatic heterocycles. The first-order chi connectivity index (χ1) is 12.7. The molecule has 0 radical (unpaired) electrons. The highest BCUT2D eigenvalue weighted by molar-refractivity contribution is 5.83. The molecule has 0 bridgehead atoms. The van der Waals surface area contributed by atoms with Crippen LogP contribution in [0.3, 0.4) is 0 Å². The largest absolute Gasteiger partial charge is 0.497 e. The van der Waals surface area contributed by atoms with Crippen LogP contribution in [0.2, 0.25) is 0 Å². The summed E-state index contributed by atoms with van der Waals surface area (Å²) in [7, 11) is 1.65. The van der Waals surface area contributed by atoms with Crippen LogP contribution in [0.25, 0.3) is 11.6 Å². The average Bonchev–Trinajstić information content (AvgIpc) is 3.17. The number of carboxylic acids is 1. The van der Waals surface area contributed by atoms with Crippen molar-refractivity contribution in [1.29, 1.82) is 0 Å². The number of hydrogen-bond acceptors (Lipinski definition) is 4. The third kappa shape index (κ3) is 3.07. The van der Waals surface area contributed by atoms with E-state index in [9.17, 15) is 9.90 Å². The Hall–Kier alpha value is -2.76. The number of methoxy groups -OCH3 is 1. The molecule has 0 spiro atoms. The Labute approximate surface area is 152 Å². The lowest BCUT2D eigenvalue weighted by Crippen LogP contribution is -2.24. The first kappa shape index (κ1) is 16.7. The average molecular weight is 354 g/mol. The second-order valence-corrected chi connectivity index (χ2v) is 6.86. The van der Waals surface area contributed by atoms with Crippen LogP contribution in [0.5, 0.6) is 11.5 Å². The molecule has 4 rings (SSSR count). The standard InChI is InChI=1S/C20H22N2O4/c1-25-17-6-7-18-14(11-17)10-15(12-26-18)19-21-8-9-22(19)16-4-2-13(3-5-16)20(23)24/h6-11,13,16H,2-5,12H2,1H3,(H,23,24). The van der Waals surface area contributed by atoms with Crippen molar-refractivity contribution in [2.24, 2.45) is 5.92 Å². The summed E-state index contributed by atoms with van der Waals surface area (Å²) in [6, 6.07) is 6.05. The summed E-state index contributed by atoms with van der Waals surface area (Å²) in [4.78, 5) is 15.7. The van der Waals surface area contributed by atoms with Crippen molar-refractivity contribution in [3.05, 3.63) is 42.0 Å². The summed E-state index contributed by atoms with van der Waals surface area (Å²) in [5, 5.41) is 9.19. The number of carbonyl (C=O) groups is 1. The van der Waals surface area contributed by atoms with Crippen LogP contribution in [0, 0.1) is 5.92 Å². The van der Waals surface area contributed by atoms with E-state index in [1.165, 1.54) is 0 Å². The van der Waals surface area contributed by atoms with Gasteiger partial charge in [-0.2, -0.15) is 0 Å². The van der Waals surface area contributed by atoms with Crippen molar-refractivity contribution in [2.45, 2.75) is 31.7 Å². The van der Waals surface area contributed by atoms with Crippen LogP contribution >= 0.6 is 0 Å². The van der Waals surface area contributed by atoms with E-state index in [2.05, 4.69) is 15.6 Å². The van der Waals surface area contributed by atoms with Gasteiger partial charge in [0, 0.05) is 29.6 Å². The van der Waals surface area contributed by atoms with Gasteiger partial charge in [0.05, 0.1) is 13.0 Å². The summed E-state index contributed by atoms with van der Waals surface area (Å²) in [5.41, 5.74) is 2.01. The quantitative estimate of drug-likeness (QED) is 0.907. The van der Waals surface area contributed by atoms with Gasteiger partial charge < -0.3 is 19.1 Å². The maximum atomic E-state index is 11.2. The van der Waals surface area contributed by atoms with Gasteiger partial charge in [0.2, 0.25) is 0 Å². The van der Waals surface area contributed by atoms with Crippen LogP contribution < -0.4 is 9.47 Å². The molecule has 1 saturated carbocycles. The smallest absolute Gasteiger partial charge is 0.306 e. The van der Waals surface area contributed by atoms with Crippen LogP contribution in [-0.2, 0) is 4.79 Å². The fraction of sp³-hybridized carbons (Fsp3) is 0.400. The van der Waals surface area contributed by atoms with Gasteiger partial charge in [-0.15, -0.1) is 0 Å². The van der Waals surface area contributed by atoms with Crippen molar-refractivity contribution >= 4 is 17.6 Å². The Balaban J connectivity index is 1.59. The second-order valence-electron chi connectivity index (χ2n) is 6.86. The Morgan fingerprint density at radius 2 is 2.12 bits per heavy atom. The number of rotatable bonds is 4. The zero-order valence-electron chi connectivity index (χ0n) is 14.7. The molecule has 6 heteroatoms. The highest BCUT2D eigenvalue weighted by Crippen LogP contribution is 2.36. The Morgan fingerprint density at radius 1 is 1.31 bits per heavy atom. The van der Waals surface area contributed by atoms with E-state index in [0.717, 1.165) is 41.3 Å². The predicted molar refractivity (Wildman–Crippen MR) is 97.2 cm³/mol. The molecule has 0 unspecified atom stereocenters. The fourth-order valence-electron chi connectivity index (χ4n) is 3.87. The lowest BCUT2D eigenvalue weighted by Gasteiger charge is -2.29. The minimum Gasteiger partial charge on any atom is -0.497 e. The molecule has 1 aromatic carbocycles. The molecule has 136 valence electrons. The monoisotopic (exact) mass is 354 g/mol. The highest BCUT2D eigenvalue weighted by atomic mass is 16.5. The lowest BCUT2D eigenvalue weighted by atomic mass is 9.86. The van der Waals surface area contributed by atoms with E-state index < -0.39 is 5.97 Å². The number of aromatic nitrogens is 2. The summed E-state index contributed by atoms with van der Waals surface area (Å²) in [5.74, 6) is 1.64. The summed E-state index contributed by atoms with van der Waals surface area (Å²) >= 11 is 0. The van der Waals surface area contributed by atoms with Crippen LogP contribution in [0.15, 0.2) is 30.6 Å². The number of benzene rings is 1. The molecule has 26 heavy (non-hydrogen) atoms. The van der Waals surface area contributed by atoms with Crippen LogP contribution in [0.1, 0.15) is 43.1 Å². The number of fused-ring (bicyclic) bond motifs is 1. The third-order valence-corrected chi connectivity index (χ3v) is 5.33. The number of ether oxygens (including phenoxy) is 2. The van der Waals surface area contributed by atoms with Gasteiger partial charge in [0.25, 0.3) is 0 Å². The molecule has 0 atom stereocenters. The number of aliphatic carboxylic acids is 1. The minimum atomic E-state index is -0.678. The van der Waals surface area contributed by atoms with E-state index in [0.29, 0.717) is 19.4 Å². The van der Waals surface area contributed by atoms with Gasteiger partial charge in [-0.1, -0.05) is 0 Å². The maximum Gasteiger partial charge on any atom is 0.306 e. The summed E-state index contributed by atoms with van der Waals surface area (Å²) in [6.07, 6.45) is 9.05. The normalized spacial score (nSPS) is 22.1. The SMILES string of the molecule is COc1ccc2c(c1)C=C(c1nccn1C1CCC(C(=O)O)CC1)CO2. The van der Waals surface area contributed by atoms with E-state index in [4.69, 9.17) is 9.47 Å². The molecular formula is C20H22N2O4. The van der Waals surface area contributed by atoms with Crippen LogP contribution in [0.4, 0.5) is 0 Å². The van der Waals surface area contributed by atoms with Crippen LogP contribution in [-0.4, -0.2) is 34.3 Å². The Kier molecular flexibility index (Phi) is 4.41. The van der Waals surface area contributed by atoms with E-state index in [1.807, 2.05) is 24.4 Å². The summed E-state index contributed by atoms with van der Waals surface area (Å²) in [6.45, 7) is 0.473. The van der Waals surface area contributed by atoms with Crippen molar-refractivity contribution in [2.75, 3.05) is 13.7 Å². The zero-order valence-corrected chi connectivity index (χ0v) is 14.7. The van der Waals surface area contributed by atoms with Gasteiger partial charge in [0.15, 0.2) is 0 Å². The molecule has 1 aliphatic carbocycles. The van der Waals surface area contributed by atoms with Gasteiger partial charge in [-0.3, -0.25) is 4.79 Å². The van der Waals surface area contributed by atoms with E-state index >= 15 is 0 Å². The topological polar surface area (TPSA) is 73.6 Å². The molecular weight excluding hydrogens is 332 g/mol. The molecule has 1 fully saturated rings. The molecule has 0 saturated heterocycles. The minimum absolute atomic E-state index is 0.213. The maximum absolute atomic E-state index is 11.2. The number of imidazole rings is 1. The highest BCUT2D eigenvalue weighted by Gasteiger charge is 2.28. The van der Waals surface area contributed by atoms with Crippen molar-refractivity contribution < 1.29 is 19.4 Å². The van der Waals surface area contributed by atoms with Crippen molar-refractivity contribution in [3.63, 3.8) is 0 Å². The van der Waals surface area contributed by atoms with Gasteiger partial charge in [0.1, 0.15) is 23.9 Å². The van der Waals surface area contributed by atoms with E-state index in [1.54, 1.807) is 13.3 Å². The number of hydrogen-bond donors (Lipinski definition) is 1. The lowest BCUT2D eigenvalue weighted by molar-refractivity contribution is -0.143. The molecule has 0 amide bonds. The predicted octanol–water partition coefficient (Wildman–Crippen LogP) is 3.64. The summed E-state index contributed by atoms with van der Waals surface area (Å²) < 4.78 is 13.4. The molecule has 2 heterocycles. The fourth-order valence-corrected chi connectivity index (χ4v) is 3.87. The number of carboxylic acid groups (broad SMARTS) is 1. The van der Waals surface area contributed by atoms with Crippen molar-refractivity contribution in [3.8, 4) is 11.5 Å². The molecule has 1 N–H and O–H groups in total. The van der Waals surface area contributed by atoms with E-state index in [-0.39, 0.29) is 12.0 Å². The first-order valence-corrected chi connectivity index (χ1v) is 8.93. The zero-order chi connectivity index (χ0) is 18.1. The number of nitrogens with zero attached hydrogens (tertiary/aromatic N) is 2. The second kappa shape index (κ2) is 6.86. The Bertz CT molecular complexity index is 847. The van der Waals surface area contributed by atoms with Gasteiger partial charge in [-0.05, 0) is 50.0 Å². The third-order valence-electron chi connectivity index (χ3n) is 5.33. The molecule has 6 nitrogen and oxygen atoms in total. The van der Waals surface area contributed by atoms with Gasteiger partial charge in [-0.25, -0.2) is 4.98 Å². The first-order valence-electron chi connectivity index (χ1n) is 8.93. The van der Waals surface area contributed by atoms with Crippen molar-refractivity contribution in [1.82, 2.24) is 9.55 Å². The molecule has 1 aliphatic heterocycles. The Morgan fingerprint density at radius 3 is 2.85 bits per heavy atom. The molecule has 2 aliphatic rings. The molecule has 2 aromatic rings. The van der Waals surface area contributed by atoms with Gasteiger partial charge >= 0.3 is 5.97 Å².